The second kappa shape index (κ2) is 20.6. The number of benzene rings is 13. The van der Waals surface area contributed by atoms with Crippen molar-refractivity contribution in [2.45, 2.75) is 0 Å². The van der Waals surface area contributed by atoms with E-state index in [9.17, 15) is 0 Å². The number of para-hydroxylation sites is 4. The molecule has 79 heavy (non-hydrogen) atoms. The average molecular weight is 1010 g/mol. The van der Waals surface area contributed by atoms with Crippen LogP contribution in [0.3, 0.4) is 0 Å². The second-order valence-corrected chi connectivity index (χ2v) is 20.1. The van der Waals surface area contributed by atoms with Gasteiger partial charge < -0.3 is 14.4 Å². The number of anilines is 6. The van der Waals surface area contributed by atoms with Crippen LogP contribution in [0.5, 0.6) is 0 Å². The maximum absolute atomic E-state index is 2.41. The lowest BCUT2D eigenvalue weighted by Gasteiger charge is -2.26. The molecule has 1 heterocycles. The molecule has 14 aromatic rings. The first-order valence-corrected chi connectivity index (χ1v) is 27.1. The van der Waals surface area contributed by atoms with Gasteiger partial charge in [0, 0.05) is 50.6 Å². The molecular formula is C76H53N3. The number of aromatic nitrogens is 1. The fourth-order valence-corrected chi connectivity index (χ4v) is 11.5. The molecule has 0 aliphatic rings. The minimum Gasteiger partial charge on any atom is -0.311 e. The molecule has 0 fully saturated rings. The van der Waals surface area contributed by atoms with E-state index >= 15 is 0 Å². The van der Waals surface area contributed by atoms with Crippen molar-refractivity contribution in [3.8, 4) is 61.3 Å². The average Bonchev–Trinajstić information content (AvgIpc) is 4.04. The van der Waals surface area contributed by atoms with Gasteiger partial charge in [-0.15, -0.1) is 0 Å². The standard InChI is InChI=1S/C76H53N3/c1-6-21-56(22-7-1)71-53-74(59-40-46-67(47-41-59)78(63-28-12-4-13-29-63)68-48-49-70-69-32-18-19-33-75(69)79(76(70)51-68)64-30-14-5-15-31-64)72(57-23-8-2-9-24-57)52-73(71)58-38-44-66(45-39-58)77(62-26-10-3-11-27-62)65-42-36-55(37-43-65)61-35-34-54-20-16-17-25-60(54)50-61/h1-53H. The van der Waals surface area contributed by atoms with Crippen molar-refractivity contribution < 1.29 is 0 Å². The lowest BCUT2D eigenvalue weighted by Crippen LogP contribution is -2.10. The Bertz CT molecular complexity index is 4420. The Balaban J connectivity index is 0.859. The summed E-state index contributed by atoms with van der Waals surface area (Å²) in [6.07, 6.45) is 0. The lowest BCUT2D eigenvalue weighted by molar-refractivity contribution is 1.18. The van der Waals surface area contributed by atoms with Crippen LogP contribution in [0, 0.1) is 0 Å². The molecule has 0 unspecified atom stereocenters. The molecule has 0 atom stereocenters. The molecule has 13 aromatic carbocycles. The maximum atomic E-state index is 2.41. The van der Waals surface area contributed by atoms with Crippen LogP contribution < -0.4 is 9.80 Å². The van der Waals surface area contributed by atoms with Crippen molar-refractivity contribution >= 4 is 66.7 Å². The molecule has 3 nitrogen and oxygen atoms in total. The molecule has 0 saturated heterocycles. The summed E-state index contributed by atoms with van der Waals surface area (Å²) < 4.78 is 2.39. The van der Waals surface area contributed by atoms with Gasteiger partial charge in [0.15, 0.2) is 0 Å². The van der Waals surface area contributed by atoms with Crippen molar-refractivity contribution in [1.29, 1.82) is 0 Å². The van der Waals surface area contributed by atoms with Crippen LogP contribution >= 0.6 is 0 Å². The third-order valence-corrected chi connectivity index (χ3v) is 15.4. The number of hydrogen-bond acceptors (Lipinski definition) is 2. The molecular weight excluding hydrogens is 955 g/mol. The minimum atomic E-state index is 1.07. The second-order valence-electron chi connectivity index (χ2n) is 20.1. The van der Waals surface area contributed by atoms with Crippen molar-refractivity contribution in [2.24, 2.45) is 0 Å². The van der Waals surface area contributed by atoms with Crippen molar-refractivity contribution in [2.75, 3.05) is 9.80 Å². The van der Waals surface area contributed by atoms with Gasteiger partial charge in [0.25, 0.3) is 0 Å². The summed E-state index contributed by atoms with van der Waals surface area (Å²) in [5.74, 6) is 0. The number of nitrogens with zero attached hydrogens (tertiary/aromatic N) is 3. The van der Waals surface area contributed by atoms with Gasteiger partial charge in [-0.2, -0.15) is 0 Å². The Hall–Kier alpha value is -10.5. The van der Waals surface area contributed by atoms with Crippen LogP contribution in [0.4, 0.5) is 34.1 Å². The Morgan fingerprint density at radius 1 is 0.203 bits per heavy atom. The van der Waals surface area contributed by atoms with Gasteiger partial charge in [-0.1, -0.05) is 212 Å². The van der Waals surface area contributed by atoms with Crippen LogP contribution in [0.2, 0.25) is 0 Å². The van der Waals surface area contributed by atoms with Crippen LogP contribution in [0.1, 0.15) is 0 Å². The van der Waals surface area contributed by atoms with Gasteiger partial charge in [-0.3, -0.25) is 0 Å². The molecule has 3 heteroatoms. The van der Waals surface area contributed by atoms with Crippen molar-refractivity contribution in [1.82, 2.24) is 4.57 Å². The molecule has 0 saturated carbocycles. The first-order chi connectivity index (χ1) is 39.2. The third kappa shape index (κ3) is 8.99. The summed E-state index contributed by atoms with van der Waals surface area (Å²) in [6.45, 7) is 0. The van der Waals surface area contributed by atoms with Crippen LogP contribution in [0.25, 0.3) is 93.9 Å². The van der Waals surface area contributed by atoms with Gasteiger partial charge in [0.2, 0.25) is 0 Å². The highest BCUT2D eigenvalue weighted by Crippen LogP contribution is 2.46. The Morgan fingerprint density at radius 3 is 1.10 bits per heavy atom. The number of hydrogen-bond donors (Lipinski definition) is 0. The molecule has 372 valence electrons. The monoisotopic (exact) mass is 1010 g/mol. The Morgan fingerprint density at radius 2 is 0.570 bits per heavy atom. The smallest absolute Gasteiger partial charge is 0.0561 e. The van der Waals surface area contributed by atoms with Crippen molar-refractivity contribution in [3.63, 3.8) is 0 Å². The molecule has 0 N–H and O–H groups in total. The topological polar surface area (TPSA) is 11.4 Å². The van der Waals surface area contributed by atoms with E-state index in [1.807, 2.05) is 0 Å². The molecule has 0 aliphatic carbocycles. The SMILES string of the molecule is c1ccc(-c2cc(-c3ccc(N(c4ccccc4)c4ccc5c6ccccc6n(-c6ccccc6)c5c4)cc3)c(-c3ccccc3)cc2-c2ccc(N(c3ccccc3)c3ccc(-c4ccc5ccccc5c4)cc3)cc2)cc1. The van der Waals surface area contributed by atoms with Gasteiger partial charge in [0.1, 0.15) is 0 Å². The van der Waals surface area contributed by atoms with E-state index in [4.69, 9.17) is 0 Å². The highest BCUT2D eigenvalue weighted by molar-refractivity contribution is 6.10. The van der Waals surface area contributed by atoms with E-state index in [2.05, 4.69) is 336 Å². The van der Waals surface area contributed by atoms with E-state index in [1.165, 1.54) is 60.4 Å². The number of fused-ring (bicyclic) bond motifs is 4. The fourth-order valence-electron chi connectivity index (χ4n) is 11.5. The summed E-state index contributed by atoms with van der Waals surface area (Å²) in [6, 6.07) is 117. The molecule has 0 amide bonds. The van der Waals surface area contributed by atoms with Crippen molar-refractivity contribution in [3.05, 3.63) is 322 Å². The highest BCUT2D eigenvalue weighted by atomic mass is 15.1. The molecule has 14 rings (SSSR count). The lowest BCUT2D eigenvalue weighted by atomic mass is 9.85. The first kappa shape index (κ1) is 47.0. The summed E-state index contributed by atoms with van der Waals surface area (Å²) >= 11 is 0. The summed E-state index contributed by atoms with van der Waals surface area (Å²) in [4.78, 5) is 4.71. The predicted molar refractivity (Wildman–Crippen MR) is 335 cm³/mol. The van der Waals surface area contributed by atoms with E-state index in [0.717, 1.165) is 67.6 Å². The molecule has 0 bridgehead atoms. The highest BCUT2D eigenvalue weighted by Gasteiger charge is 2.21. The Labute approximate surface area is 461 Å². The Kier molecular flexibility index (Phi) is 12.2. The molecule has 0 aliphatic heterocycles. The third-order valence-electron chi connectivity index (χ3n) is 15.4. The van der Waals surface area contributed by atoms with E-state index in [0.29, 0.717) is 0 Å². The normalized spacial score (nSPS) is 11.3. The predicted octanol–water partition coefficient (Wildman–Crippen LogP) is 21.2. The zero-order valence-corrected chi connectivity index (χ0v) is 43.4. The minimum absolute atomic E-state index is 1.07. The van der Waals surface area contributed by atoms with E-state index in [1.54, 1.807) is 0 Å². The summed E-state index contributed by atoms with van der Waals surface area (Å²) in [5, 5.41) is 4.95. The van der Waals surface area contributed by atoms with Crippen LogP contribution in [-0.4, -0.2) is 4.57 Å². The van der Waals surface area contributed by atoms with E-state index in [-0.39, 0.29) is 0 Å². The van der Waals surface area contributed by atoms with Crippen LogP contribution in [0.15, 0.2) is 322 Å². The molecule has 0 spiro atoms. The zero-order chi connectivity index (χ0) is 52.5. The fraction of sp³-hybridized carbons (Fsp3) is 0. The number of rotatable bonds is 12. The molecule has 1 aromatic heterocycles. The molecule has 0 radical (unpaired) electrons. The quantitative estimate of drug-likeness (QED) is 0.121. The first-order valence-electron chi connectivity index (χ1n) is 27.1. The van der Waals surface area contributed by atoms with Gasteiger partial charge in [-0.05, 0) is 176 Å². The van der Waals surface area contributed by atoms with Gasteiger partial charge >= 0.3 is 0 Å². The summed E-state index contributed by atoms with van der Waals surface area (Å²) in [5.41, 5.74) is 21.7. The summed E-state index contributed by atoms with van der Waals surface area (Å²) in [7, 11) is 0. The van der Waals surface area contributed by atoms with Gasteiger partial charge in [-0.25, -0.2) is 0 Å². The van der Waals surface area contributed by atoms with E-state index < -0.39 is 0 Å². The van der Waals surface area contributed by atoms with Gasteiger partial charge in [0.05, 0.1) is 11.0 Å². The maximum Gasteiger partial charge on any atom is 0.0561 e. The van der Waals surface area contributed by atoms with Crippen LogP contribution in [-0.2, 0) is 0 Å². The largest absolute Gasteiger partial charge is 0.311 e. The zero-order valence-electron chi connectivity index (χ0n) is 43.4.